The van der Waals surface area contributed by atoms with E-state index < -0.39 is 0 Å². The molecule has 1 saturated carbocycles. The van der Waals surface area contributed by atoms with Crippen LogP contribution < -0.4 is 15.5 Å². The summed E-state index contributed by atoms with van der Waals surface area (Å²) in [7, 11) is 0. The molecule has 0 radical (unpaired) electrons. The fraction of sp³-hybridized carbons (Fsp3) is 0.684. The van der Waals surface area contributed by atoms with Gasteiger partial charge in [-0.2, -0.15) is 0 Å². The third-order valence-electron chi connectivity index (χ3n) is 5.28. The summed E-state index contributed by atoms with van der Waals surface area (Å²) in [6.45, 7) is 7.63. The lowest BCUT2D eigenvalue weighted by Crippen LogP contribution is -2.50. The van der Waals surface area contributed by atoms with E-state index in [2.05, 4.69) is 31.5 Å². The van der Waals surface area contributed by atoms with E-state index in [4.69, 9.17) is 0 Å². The zero-order valence-electron chi connectivity index (χ0n) is 15.3. The van der Waals surface area contributed by atoms with Gasteiger partial charge >= 0.3 is 6.03 Å². The zero-order chi connectivity index (χ0) is 17.5. The first-order valence-corrected chi connectivity index (χ1v) is 9.72. The fourth-order valence-corrected chi connectivity index (χ4v) is 3.81. The van der Waals surface area contributed by atoms with Gasteiger partial charge in [0.2, 0.25) is 0 Å². The third kappa shape index (κ3) is 5.08. The molecule has 25 heavy (non-hydrogen) atoms. The average Bonchev–Trinajstić information content (AvgIpc) is 3.20. The lowest BCUT2D eigenvalue weighted by Gasteiger charge is -2.38. The van der Waals surface area contributed by atoms with Crippen LogP contribution in [0.1, 0.15) is 44.6 Å². The number of urea groups is 1. The number of hydrogen-bond acceptors (Lipinski definition) is 4. The first-order valence-electron chi connectivity index (χ1n) is 9.72. The summed E-state index contributed by atoms with van der Waals surface area (Å²) >= 11 is 0. The first kappa shape index (κ1) is 18.0. The van der Waals surface area contributed by atoms with Gasteiger partial charge in [0.15, 0.2) is 0 Å². The lowest BCUT2D eigenvalue weighted by atomic mass is 10.1. The number of carbonyl (C=O) groups excluding carboxylic acids is 1. The Hall–Kier alpha value is -1.82. The molecule has 1 aliphatic heterocycles. The number of anilines is 1. The zero-order valence-corrected chi connectivity index (χ0v) is 15.3. The van der Waals surface area contributed by atoms with Gasteiger partial charge in [0, 0.05) is 51.5 Å². The summed E-state index contributed by atoms with van der Waals surface area (Å²) in [4.78, 5) is 21.2. The summed E-state index contributed by atoms with van der Waals surface area (Å²) in [6, 6.07) is 4.78. The van der Waals surface area contributed by atoms with E-state index in [1.807, 2.05) is 19.2 Å². The van der Waals surface area contributed by atoms with E-state index in [-0.39, 0.29) is 6.03 Å². The Bertz CT molecular complexity index is 551. The van der Waals surface area contributed by atoms with Gasteiger partial charge in [-0.15, -0.1) is 0 Å². The number of piperazine rings is 1. The van der Waals surface area contributed by atoms with Gasteiger partial charge in [-0.1, -0.05) is 19.8 Å². The molecule has 2 aliphatic rings. The van der Waals surface area contributed by atoms with Crippen LogP contribution in [0.5, 0.6) is 0 Å². The number of rotatable bonds is 6. The maximum atomic E-state index is 11.7. The van der Waals surface area contributed by atoms with Gasteiger partial charge in [0.25, 0.3) is 0 Å². The predicted octanol–water partition coefficient (Wildman–Crippen LogP) is 2.36. The van der Waals surface area contributed by atoms with Crippen LogP contribution in [-0.2, 0) is 6.54 Å². The minimum absolute atomic E-state index is 0.106. The molecule has 0 aromatic carbocycles. The summed E-state index contributed by atoms with van der Waals surface area (Å²) in [5.41, 5.74) is 1.09. The number of aromatic nitrogens is 1. The van der Waals surface area contributed by atoms with Crippen molar-refractivity contribution in [2.24, 2.45) is 0 Å². The minimum Gasteiger partial charge on any atom is -0.354 e. The topological polar surface area (TPSA) is 60.5 Å². The number of nitrogens with one attached hydrogen (secondary N) is 2. The SMILES string of the molecule is CCCNC(=O)NCc1ccnc(N2CCN(C3CCCC3)CC2)c1. The van der Waals surface area contributed by atoms with Gasteiger partial charge in [0.1, 0.15) is 5.82 Å². The summed E-state index contributed by atoms with van der Waals surface area (Å²) < 4.78 is 0. The molecule has 6 nitrogen and oxygen atoms in total. The van der Waals surface area contributed by atoms with Crippen molar-refractivity contribution >= 4 is 11.8 Å². The highest BCUT2D eigenvalue weighted by Crippen LogP contribution is 2.25. The Morgan fingerprint density at radius 2 is 1.96 bits per heavy atom. The highest BCUT2D eigenvalue weighted by molar-refractivity contribution is 5.73. The molecule has 2 amide bonds. The molecule has 1 aliphatic carbocycles. The van der Waals surface area contributed by atoms with Crippen LogP contribution in [0, 0.1) is 0 Å². The Morgan fingerprint density at radius 3 is 2.68 bits per heavy atom. The lowest BCUT2D eigenvalue weighted by molar-refractivity contribution is 0.187. The molecule has 1 aromatic rings. The van der Waals surface area contributed by atoms with E-state index in [1.54, 1.807) is 0 Å². The molecule has 0 unspecified atom stereocenters. The van der Waals surface area contributed by atoms with Crippen molar-refractivity contribution in [1.29, 1.82) is 0 Å². The van der Waals surface area contributed by atoms with Crippen LogP contribution in [0.4, 0.5) is 10.6 Å². The van der Waals surface area contributed by atoms with E-state index in [9.17, 15) is 4.79 Å². The van der Waals surface area contributed by atoms with E-state index in [1.165, 1.54) is 25.7 Å². The monoisotopic (exact) mass is 345 g/mol. The molecule has 3 rings (SSSR count). The summed E-state index contributed by atoms with van der Waals surface area (Å²) in [5.74, 6) is 1.03. The second kappa shape index (κ2) is 9.04. The smallest absolute Gasteiger partial charge is 0.315 e. The maximum Gasteiger partial charge on any atom is 0.315 e. The van der Waals surface area contributed by atoms with Crippen molar-refractivity contribution in [2.45, 2.75) is 51.6 Å². The molecule has 0 spiro atoms. The average molecular weight is 345 g/mol. The Labute approximate surface area is 151 Å². The second-order valence-corrected chi connectivity index (χ2v) is 7.09. The van der Waals surface area contributed by atoms with Crippen LogP contribution >= 0.6 is 0 Å². The first-order chi connectivity index (χ1) is 12.3. The second-order valence-electron chi connectivity index (χ2n) is 7.09. The molecule has 0 bridgehead atoms. The van der Waals surface area contributed by atoms with Crippen LogP contribution in [-0.4, -0.2) is 54.7 Å². The van der Waals surface area contributed by atoms with Gasteiger partial charge in [-0.25, -0.2) is 9.78 Å². The highest BCUT2D eigenvalue weighted by Gasteiger charge is 2.26. The fourth-order valence-electron chi connectivity index (χ4n) is 3.81. The molecule has 138 valence electrons. The van der Waals surface area contributed by atoms with Crippen molar-refractivity contribution in [2.75, 3.05) is 37.6 Å². The molecule has 2 fully saturated rings. The largest absolute Gasteiger partial charge is 0.354 e. The number of pyridine rings is 1. The van der Waals surface area contributed by atoms with Crippen LogP contribution in [0.3, 0.4) is 0 Å². The summed E-state index contributed by atoms with van der Waals surface area (Å²) in [6.07, 6.45) is 8.33. The predicted molar refractivity (Wildman–Crippen MR) is 101 cm³/mol. The number of nitrogens with zero attached hydrogens (tertiary/aromatic N) is 3. The van der Waals surface area contributed by atoms with E-state index >= 15 is 0 Å². The molecular formula is C19H31N5O. The normalized spacial score (nSPS) is 19.2. The summed E-state index contributed by atoms with van der Waals surface area (Å²) in [5, 5.41) is 5.73. The highest BCUT2D eigenvalue weighted by atomic mass is 16.2. The van der Waals surface area contributed by atoms with Crippen molar-refractivity contribution in [1.82, 2.24) is 20.5 Å². The Morgan fingerprint density at radius 1 is 1.20 bits per heavy atom. The van der Waals surface area contributed by atoms with Gasteiger partial charge in [-0.05, 0) is 37.0 Å². The maximum absolute atomic E-state index is 11.7. The third-order valence-corrected chi connectivity index (χ3v) is 5.28. The molecule has 1 aromatic heterocycles. The molecular weight excluding hydrogens is 314 g/mol. The minimum atomic E-state index is -0.106. The van der Waals surface area contributed by atoms with Crippen molar-refractivity contribution < 1.29 is 4.79 Å². The Kier molecular flexibility index (Phi) is 6.50. The van der Waals surface area contributed by atoms with E-state index in [0.717, 1.165) is 50.0 Å². The molecule has 0 atom stereocenters. The number of amides is 2. The van der Waals surface area contributed by atoms with Crippen molar-refractivity contribution in [3.8, 4) is 0 Å². The standard InChI is InChI=1S/C19H31N5O/c1-2-8-21-19(25)22-15-16-7-9-20-18(14-16)24-12-10-23(11-13-24)17-5-3-4-6-17/h7,9,14,17H,2-6,8,10-13,15H2,1H3,(H2,21,22,25). The van der Waals surface area contributed by atoms with Crippen LogP contribution in [0.2, 0.25) is 0 Å². The van der Waals surface area contributed by atoms with Crippen molar-refractivity contribution in [3.63, 3.8) is 0 Å². The Balaban J connectivity index is 1.49. The molecule has 6 heteroatoms. The van der Waals surface area contributed by atoms with E-state index in [0.29, 0.717) is 13.1 Å². The van der Waals surface area contributed by atoms with Crippen LogP contribution in [0.15, 0.2) is 18.3 Å². The number of carbonyl (C=O) groups is 1. The molecule has 2 N–H and O–H groups in total. The van der Waals surface area contributed by atoms with Crippen molar-refractivity contribution in [3.05, 3.63) is 23.9 Å². The van der Waals surface area contributed by atoms with Gasteiger partial charge < -0.3 is 15.5 Å². The quantitative estimate of drug-likeness (QED) is 0.831. The number of hydrogen-bond donors (Lipinski definition) is 2. The van der Waals surface area contributed by atoms with Gasteiger partial charge in [-0.3, -0.25) is 4.90 Å². The van der Waals surface area contributed by atoms with Crippen LogP contribution in [0.25, 0.3) is 0 Å². The molecule has 2 heterocycles. The molecule has 1 saturated heterocycles. The van der Waals surface area contributed by atoms with Gasteiger partial charge in [0.05, 0.1) is 0 Å².